The topological polar surface area (TPSA) is 32.3 Å². The highest BCUT2D eigenvalue weighted by atomic mass is 35.5. The molecule has 1 fully saturated rings. The third-order valence-electron chi connectivity index (χ3n) is 4.78. The van der Waals surface area contributed by atoms with Gasteiger partial charge in [0, 0.05) is 30.9 Å². The molecule has 1 N–H and O–H groups in total. The van der Waals surface area contributed by atoms with Gasteiger partial charge in [-0.1, -0.05) is 19.9 Å². The average molecular weight is 309 g/mol. The van der Waals surface area contributed by atoms with Crippen molar-refractivity contribution in [3.05, 3.63) is 29.3 Å². The van der Waals surface area contributed by atoms with Crippen molar-refractivity contribution < 1.29 is 4.79 Å². The fraction of sp³-hybridized carbons (Fsp3) is 0.588. The van der Waals surface area contributed by atoms with Crippen LogP contribution in [0.2, 0.25) is 0 Å². The molecule has 1 aromatic carbocycles. The molecule has 2 heterocycles. The van der Waals surface area contributed by atoms with Crippen molar-refractivity contribution in [2.24, 2.45) is 11.8 Å². The quantitative estimate of drug-likeness (QED) is 0.905. The summed E-state index contributed by atoms with van der Waals surface area (Å²) in [6.45, 7) is 7.37. The molecule has 4 heteroatoms. The highest BCUT2D eigenvalue weighted by Crippen LogP contribution is 2.29. The van der Waals surface area contributed by atoms with E-state index in [9.17, 15) is 4.79 Å². The lowest BCUT2D eigenvalue weighted by Crippen LogP contribution is -2.30. The highest BCUT2D eigenvalue weighted by molar-refractivity contribution is 5.97. The molecule has 1 unspecified atom stereocenters. The summed E-state index contributed by atoms with van der Waals surface area (Å²) < 4.78 is 0. The molecule has 0 aliphatic carbocycles. The molecule has 0 spiro atoms. The lowest BCUT2D eigenvalue weighted by molar-refractivity contribution is 0.0783. The number of fused-ring (bicyclic) bond motifs is 1. The first-order valence-corrected chi connectivity index (χ1v) is 7.82. The van der Waals surface area contributed by atoms with Crippen molar-refractivity contribution >= 4 is 24.0 Å². The molecule has 1 aromatic rings. The Morgan fingerprint density at radius 3 is 2.90 bits per heavy atom. The second-order valence-corrected chi connectivity index (χ2v) is 6.41. The largest absolute Gasteiger partial charge is 0.385 e. The summed E-state index contributed by atoms with van der Waals surface area (Å²) >= 11 is 0. The van der Waals surface area contributed by atoms with Gasteiger partial charge in [-0.3, -0.25) is 4.79 Å². The van der Waals surface area contributed by atoms with Crippen LogP contribution in [0.4, 0.5) is 5.69 Å². The molecule has 2 aliphatic rings. The Bertz CT molecular complexity index is 516. The zero-order chi connectivity index (χ0) is 14.1. The second kappa shape index (κ2) is 6.69. The van der Waals surface area contributed by atoms with Crippen LogP contribution in [0.5, 0.6) is 0 Å². The summed E-state index contributed by atoms with van der Waals surface area (Å²) in [7, 11) is 0. The monoisotopic (exact) mass is 308 g/mol. The molecule has 2 aliphatic heterocycles. The first kappa shape index (κ1) is 16.2. The van der Waals surface area contributed by atoms with Gasteiger partial charge in [-0.2, -0.15) is 0 Å². The van der Waals surface area contributed by atoms with Gasteiger partial charge in [-0.15, -0.1) is 12.4 Å². The van der Waals surface area contributed by atoms with Crippen molar-refractivity contribution in [1.29, 1.82) is 0 Å². The summed E-state index contributed by atoms with van der Waals surface area (Å²) in [5, 5.41) is 3.40. The van der Waals surface area contributed by atoms with E-state index in [1.807, 2.05) is 12.1 Å². The van der Waals surface area contributed by atoms with E-state index in [1.54, 1.807) is 0 Å². The fourth-order valence-electron chi connectivity index (χ4n) is 3.40. The fourth-order valence-corrected chi connectivity index (χ4v) is 3.40. The molecule has 3 nitrogen and oxygen atoms in total. The molecular weight excluding hydrogens is 284 g/mol. The molecule has 1 amide bonds. The Hall–Kier alpha value is -1.22. The molecular formula is C17H25ClN2O. The van der Waals surface area contributed by atoms with Gasteiger partial charge in [-0.25, -0.2) is 0 Å². The van der Waals surface area contributed by atoms with Crippen molar-refractivity contribution in [3.63, 3.8) is 0 Å². The molecule has 3 rings (SSSR count). The normalized spacial score (nSPS) is 20.7. The predicted molar refractivity (Wildman–Crippen MR) is 89.3 cm³/mol. The number of halogens is 1. The van der Waals surface area contributed by atoms with E-state index in [0.717, 1.165) is 50.1 Å². The number of nitrogens with one attached hydrogen (secondary N) is 1. The van der Waals surface area contributed by atoms with E-state index < -0.39 is 0 Å². The van der Waals surface area contributed by atoms with E-state index in [4.69, 9.17) is 0 Å². The van der Waals surface area contributed by atoms with Crippen LogP contribution in [0, 0.1) is 11.8 Å². The zero-order valence-corrected chi connectivity index (χ0v) is 13.7. The molecule has 116 valence electrons. The number of benzene rings is 1. The van der Waals surface area contributed by atoms with Crippen LogP contribution in [0.25, 0.3) is 0 Å². The molecule has 21 heavy (non-hydrogen) atoms. The average Bonchev–Trinajstić information content (AvgIpc) is 2.96. The first-order valence-electron chi connectivity index (χ1n) is 7.82. The standard InChI is InChI=1S/C17H24N2O.ClH/c1-12(2)13-8-10-19(11-13)17(20)15-5-3-7-16-14(15)6-4-9-18-16;/h3,5,7,12-13,18H,4,6,8-11H2,1-2H3;1H. The van der Waals surface area contributed by atoms with Crippen LogP contribution in [0.1, 0.15) is 42.6 Å². The number of carbonyl (C=O) groups excluding carboxylic acids is 1. The Labute approximate surface area is 133 Å². The van der Waals surface area contributed by atoms with Gasteiger partial charge in [-0.05, 0) is 48.8 Å². The minimum atomic E-state index is 0. The van der Waals surface area contributed by atoms with Crippen LogP contribution in [0.3, 0.4) is 0 Å². The maximum atomic E-state index is 12.8. The SMILES string of the molecule is CC(C)C1CCN(C(=O)c2cccc3c2CCCN3)C1.Cl. The Morgan fingerprint density at radius 2 is 2.19 bits per heavy atom. The van der Waals surface area contributed by atoms with Gasteiger partial charge < -0.3 is 10.2 Å². The summed E-state index contributed by atoms with van der Waals surface area (Å²) in [5.41, 5.74) is 3.29. The smallest absolute Gasteiger partial charge is 0.254 e. The van der Waals surface area contributed by atoms with Gasteiger partial charge in [0.05, 0.1) is 0 Å². The third kappa shape index (κ3) is 3.18. The Morgan fingerprint density at radius 1 is 1.38 bits per heavy atom. The third-order valence-corrected chi connectivity index (χ3v) is 4.78. The molecule has 1 atom stereocenters. The van der Waals surface area contributed by atoms with Crippen LogP contribution >= 0.6 is 12.4 Å². The van der Waals surface area contributed by atoms with Crippen molar-refractivity contribution in [1.82, 2.24) is 4.90 Å². The van der Waals surface area contributed by atoms with Gasteiger partial charge in [0.15, 0.2) is 0 Å². The van der Waals surface area contributed by atoms with Gasteiger partial charge in [0.25, 0.3) is 5.91 Å². The first-order chi connectivity index (χ1) is 9.66. The lowest BCUT2D eigenvalue weighted by Gasteiger charge is -2.24. The van der Waals surface area contributed by atoms with E-state index in [1.165, 1.54) is 5.56 Å². The van der Waals surface area contributed by atoms with E-state index in [2.05, 4.69) is 30.1 Å². The maximum Gasteiger partial charge on any atom is 0.254 e. The van der Waals surface area contributed by atoms with Crippen LogP contribution < -0.4 is 5.32 Å². The minimum absolute atomic E-state index is 0. The Kier molecular flexibility index (Phi) is 5.15. The predicted octanol–water partition coefficient (Wildman–Crippen LogP) is 3.58. The summed E-state index contributed by atoms with van der Waals surface area (Å²) in [4.78, 5) is 14.8. The van der Waals surface area contributed by atoms with Crippen LogP contribution in [-0.4, -0.2) is 30.4 Å². The zero-order valence-electron chi connectivity index (χ0n) is 12.9. The number of anilines is 1. The summed E-state index contributed by atoms with van der Waals surface area (Å²) in [5.74, 6) is 1.56. The molecule has 0 aromatic heterocycles. The van der Waals surface area contributed by atoms with Crippen molar-refractivity contribution in [2.75, 3.05) is 25.0 Å². The van der Waals surface area contributed by atoms with Crippen LogP contribution in [0.15, 0.2) is 18.2 Å². The number of amides is 1. The maximum absolute atomic E-state index is 12.8. The lowest BCUT2D eigenvalue weighted by atomic mass is 9.95. The highest BCUT2D eigenvalue weighted by Gasteiger charge is 2.30. The molecule has 0 radical (unpaired) electrons. The number of hydrogen-bond donors (Lipinski definition) is 1. The number of hydrogen-bond acceptors (Lipinski definition) is 2. The van der Waals surface area contributed by atoms with Crippen molar-refractivity contribution in [3.8, 4) is 0 Å². The van der Waals surface area contributed by atoms with Gasteiger partial charge in [0.1, 0.15) is 0 Å². The Balaban J connectivity index is 0.00000161. The number of rotatable bonds is 2. The summed E-state index contributed by atoms with van der Waals surface area (Å²) in [6.07, 6.45) is 3.29. The second-order valence-electron chi connectivity index (χ2n) is 6.41. The molecule has 0 saturated carbocycles. The minimum Gasteiger partial charge on any atom is -0.385 e. The van der Waals surface area contributed by atoms with E-state index in [0.29, 0.717) is 11.8 Å². The van der Waals surface area contributed by atoms with Gasteiger partial charge >= 0.3 is 0 Å². The number of carbonyl (C=O) groups is 1. The van der Waals surface area contributed by atoms with E-state index >= 15 is 0 Å². The van der Waals surface area contributed by atoms with Gasteiger partial charge in [0.2, 0.25) is 0 Å². The van der Waals surface area contributed by atoms with Crippen LogP contribution in [-0.2, 0) is 6.42 Å². The summed E-state index contributed by atoms with van der Waals surface area (Å²) in [6, 6.07) is 6.09. The van der Waals surface area contributed by atoms with E-state index in [-0.39, 0.29) is 18.3 Å². The molecule has 0 bridgehead atoms. The van der Waals surface area contributed by atoms with Crippen molar-refractivity contribution in [2.45, 2.75) is 33.1 Å². The molecule has 1 saturated heterocycles. The number of nitrogens with zero attached hydrogens (tertiary/aromatic N) is 1. The number of likely N-dealkylation sites (tertiary alicyclic amines) is 1.